The fourth-order valence-corrected chi connectivity index (χ4v) is 9.85. The van der Waals surface area contributed by atoms with Gasteiger partial charge in [0.25, 0.3) is 0 Å². The molecule has 10 rings (SSSR count). The number of hydrogen-bond acceptors (Lipinski definition) is 3. The molecule has 0 amide bonds. The summed E-state index contributed by atoms with van der Waals surface area (Å²) in [6.07, 6.45) is 0. The Morgan fingerprint density at radius 2 is 1.14 bits per heavy atom. The molecule has 0 aliphatic heterocycles. The molecule has 0 atom stereocenters. The molecular formula is C45H28N2OSe. The van der Waals surface area contributed by atoms with Gasteiger partial charge in [0.15, 0.2) is 0 Å². The maximum absolute atomic E-state index is 6.43. The van der Waals surface area contributed by atoms with E-state index in [-0.39, 0.29) is 14.5 Å². The third-order valence-electron chi connectivity index (χ3n) is 9.45. The molecule has 49 heavy (non-hydrogen) atoms. The Morgan fingerprint density at radius 3 is 2.00 bits per heavy atom. The van der Waals surface area contributed by atoms with Gasteiger partial charge in [0.2, 0.25) is 0 Å². The average molecular weight is 692 g/mol. The first-order valence-corrected chi connectivity index (χ1v) is 18.2. The Hall–Kier alpha value is -5.93. The van der Waals surface area contributed by atoms with Gasteiger partial charge in [0.05, 0.1) is 0 Å². The van der Waals surface area contributed by atoms with Crippen molar-refractivity contribution < 1.29 is 4.42 Å². The molecule has 0 N–H and O–H groups in total. The molecule has 0 saturated carbocycles. The van der Waals surface area contributed by atoms with Crippen molar-refractivity contribution in [3.8, 4) is 22.6 Å². The fourth-order valence-electron chi connectivity index (χ4n) is 7.12. The standard InChI is InChI=1S/C45H28N2OSe/c1-3-12-29(13-4-1)32-16-11-19-35(27-32)47(34-17-5-2-6-18-34)40-28-39-38-24-25-41-42(44(38)49-43(39)37-21-10-9-20-36(37)40)46-45(48-41)33-23-22-30-14-7-8-15-31(30)26-33/h1-28H. The van der Waals surface area contributed by atoms with Crippen LogP contribution in [0.2, 0.25) is 0 Å². The molecule has 2 heterocycles. The molecule has 0 aliphatic carbocycles. The summed E-state index contributed by atoms with van der Waals surface area (Å²) in [5.41, 5.74) is 8.59. The Labute approximate surface area is 289 Å². The van der Waals surface area contributed by atoms with Crippen molar-refractivity contribution in [2.45, 2.75) is 0 Å². The number of benzene rings is 8. The van der Waals surface area contributed by atoms with Crippen LogP contribution in [0.5, 0.6) is 0 Å². The monoisotopic (exact) mass is 692 g/mol. The fraction of sp³-hybridized carbons (Fsp3) is 0. The van der Waals surface area contributed by atoms with Crippen LogP contribution >= 0.6 is 0 Å². The van der Waals surface area contributed by atoms with Gasteiger partial charge in [0.1, 0.15) is 0 Å². The molecule has 0 saturated heterocycles. The molecule has 4 heteroatoms. The molecule has 10 aromatic rings. The average Bonchev–Trinajstić information content (AvgIpc) is 3.78. The maximum atomic E-state index is 6.43. The molecule has 230 valence electrons. The van der Waals surface area contributed by atoms with Crippen molar-refractivity contribution in [2.75, 3.05) is 4.90 Å². The van der Waals surface area contributed by atoms with E-state index < -0.39 is 0 Å². The van der Waals surface area contributed by atoms with Crippen LogP contribution in [0.3, 0.4) is 0 Å². The minimum absolute atomic E-state index is 0.0602. The van der Waals surface area contributed by atoms with Crippen molar-refractivity contribution >= 4 is 83.5 Å². The molecule has 0 bridgehead atoms. The van der Waals surface area contributed by atoms with Gasteiger partial charge in [-0.3, -0.25) is 0 Å². The van der Waals surface area contributed by atoms with Crippen LogP contribution in [0.15, 0.2) is 174 Å². The molecule has 3 nitrogen and oxygen atoms in total. The Bertz CT molecular complexity index is 2840. The summed E-state index contributed by atoms with van der Waals surface area (Å²) in [5.74, 6) is 0.667. The quantitative estimate of drug-likeness (QED) is 0.168. The predicted octanol–water partition coefficient (Wildman–Crippen LogP) is 12.3. The van der Waals surface area contributed by atoms with E-state index in [0.717, 1.165) is 33.7 Å². The van der Waals surface area contributed by atoms with E-state index in [1.165, 1.54) is 52.0 Å². The summed E-state index contributed by atoms with van der Waals surface area (Å²) in [5, 5.41) is 7.44. The van der Waals surface area contributed by atoms with E-state index in [1.807, 2.05) is 0 Å². The number of aromatic nitrogens is 1. The summed E-state index contributed by atoms with van der Waals surface area (Å²) < 4.78 is 9.12. The number of rotatable bonds is 5. The van der Waals surface area contributed by atoms with Gasteiger partial charge in [-0.25, -0.2) is 0 Å². The summed E-state index contributed by atoms with van der Waals surface area (Å²) in [6.45, 7) is 0. The number of oxazole rings is 1. The molecule has 0 aliphatic rings. The molecule has 0 spiro atoms. The topological polar surface area (TPSA) is 29.3 Å². The predicted molar refractivity (Wildman–Crippen MR) is 207 cm³/mol. The molecule has 2 aromatic heterocycles. The zero-order chi connectivity index (χ0) is 32.3. The third-order valence-corrected chi connectivity index (χ3v) is 12.1. The first-order chi connectivity index (χ1) is 24.3. The number of hydrogen-bond donors (Lipinski definition) is 0. The molecular weight excluding hydrogens is 663 g/mol. The number of anilines is 3. The van der Waals surface area contributed by atoms with E-state index in [2.05, 4.69) is 175 Å². The van der Waals surface area contributed by atoms with Crippen molar-refractivity contribution in [1.29, 1.82) is 0 Å². The van der Waals surface area contributed by atoms with Crippen LogP contribution < -0.4 is 4.90 Å². The normalized spacial score (nSPS) is 11.7. The van der Waals surface area contributed by atoms with Crippen molar-refractivity contribution in [3.05, 3.63) is 170 Å². The Balaban J connectivity index is 1.20. The van der Waals surface area contributed by atoms with E-state index >= 15 is 0 Å². The summed E-state index contributed by atoms with van der Waals surface area (Å²) in [4.78, 5) is 7.56. The van der Waals surface area contributed by atoms with Crippen LogP contribution in [0.1, 0.15) is 0 Å². The minimum atomic E-state index is 0.0602. The van der Waals surface area contributed by atoms with Gasteiger partial charge >= 0.3 is 290 Å². The first kappa shape index (κ1) is 28.1. The zero-order valence-electron chi connectivity index (χ0n) is 26.4. The molecule has 0 radical (unpaired) electrons. The number of fused-ring (bicyclic) bond motifs is 8. The molecule has 0 fully saturated rings. The Morgan fingerprint density at radius 1 is 0.449 bits per heavy atom. The molecule has 8 aromatic carbocycles. The van der Waals surface area contributed by atoms with Crippen LogP contribution in [0.4, 0.5) is 17.1 Å². The van der Waals surface area contributed by atoms with Gasteiger partial charge in [0, 0.05) is 0 Å². The van der Waals surface area contributed by atoms with Gasteiger partial charge < -0.3 is 0 Å². The van der Waals surface area contributed by atoms with Gasteiger partial charge in [-0.2, -0.15) is 0 Å². The van der Waals surface area contributed by atoms with Gasteiger partial charge in [-0.15, -0.1) is 0 Å². The van der Waals surface area contributed by atoms with Gasteiger partial charge in [-0.1, -0.05) is 0 Å². The summed E-state index contributed by atoms with van der Waals surface area (Å²) >= 11 is 0.0602. The second kappa shape index (κ2) is 11.3. The second-order valence-corrected chi connectivity index (χ2v) is 14.5. The van der Waals surface area contributed by atoms with Crippen LogP contribution in [0, 0.1) is 0 Å². The van der Waals surface area contributed by atoms with Crippen LogP contribution in [0.25, 0.3) is 74.5 Å². The summed E-state index contributed by atoms with van der Waals surface area (Å²) in [6, 6.07) is 60.6. The summed E-state index contributed by atoms with van der Waals surface area (Å²) in [7, 11) is 0. The van der Waals surface area contributed by atoms with Crippen molar-refractivity contribution in [3.63, 3.8) is 0 Å². The van der Waals surface area contributed by atoms with E-state index in [4.69, 9.17) is 9.40 Å². The van der Waals surface area contributed by atoms with Crippen molar-refractivity contribution in [1.82, 2.24) is 4.98 Å². The number of nitrogens with zero attached hydrogens (tertiary/aromatic N) is 2. The molecule has 0 unspecified atom stereocenters. The number of para-hydroxylation sites is 1. The van der Waals surface area contributed by atoms with E-state index in [9.17, 15) is 0 Å². The second-order valence-electron chi connectivity index (χ2n) is 12.4. The van der Waals surface area contributed by atoms with E-state index in [0.29, 0.717) is 5.89 Å². The zero-order valence-corrected chi connectivity index (χ0v) is 28.1. The van der Waals surface area contributed by atoms with Crippen molar-refractivity contribution in [2.24, 2.45) is 0 Å². The van der Waals surface area contributed by atoms with E-state index in [1.54, 1.807) is 0 Å². The van der Waals surface area contributed by atoms with Gasteiger partial charge in [-0.05, 0) is 0 Å². The first-order valence-electron chi connectivity index (χ1n) is 16.5. The van der Waals surface area contributed by atoms with Crippen LogP contribution in [-0.2, 0) is 0 Å². The van der Waals surface area contributed by atoms with Crippen LogP contribution in [-0.4, -0.2) is 19.5 Å². The third kappa shape index (κ3) is 4.69. The SMILES string of the molecule is c1ccc(-c2cccc(N(c3ccccc3)c3cc4c5ccc6oc(-c7ccc8ccccc8c7)nc6c5[se]c4c4ccccc34)c2)cc1. The Kier molecular flexibility index (Phi) is 6.51.